The number of methoxy groups -OCH3 is 2. The number of aliphatic hydroxyl groups is 1. The molecule has 0 amide bonds. The van der Waals surface area contributed by atoms with Crippen LogP contribution in [0.25, 0.3) is 0 Å². The van der Waals surface area contributed by atoms with Gasteiger partial charge in [-0.3, -0.25) is 0 Å². The van der Waals surface area contributed by atoms with Gasteiger partial charge >= 0.3 is 0 Å². The topological polar surface area (TPSA) is 38.7 Å². The summed E-state index contributed by atoms with van der Waals surface area (Å²) in [5, 5.41) is 10.5. The predicted molar refractivity (Wildman–Crippen MR) is 71.2 cm³/mol. The van der Waals surface area contributed by atoms with Crippen molar-refractivity contribution in [2.45, 2.75) is 39.2 Å². The van der Waals surface area contributed by atoms with Gasteiger partial charge in [0.2, 0.25) is 0 Å². The second kappa shape index (κ2) is 4.81. The first-order valence-corrected chi connectivity index (χ1v) is 6.40. The quantitative estimate of drug-likeness (QED) is 0.820. The van der Waals surface area contributed by atoms with Gasteiger partial charge in [0.05, 0.1) is 20.3 Å². The third kappa shape index (κ3) is 2.32. The van der Waals surface area contributed by atoms with Gasteiger partial charge in [0.15, 0.2) is 0 Å². The predicted octanol–water partition coefficient (Wildman–Crippen LogP) is 3.10. The molecule has 1 aliphatic carbocycles. The summed E-state index contributed by atoms with van der Waals surface area (Å²) >= 11 is 0. The summed E-state index contributed by atoms with van der Waals surface area (Å²) in [6.45, 7) is 4.39. The normalized spacial score (nSPS) is 21.9. The largest absolute Gasteiger partial charge is 0.496 e. The van der Waals surface area contributed by atoms with E-state index < -0.39 is 6.10 Å². The third-order valence-corrected chi connectivity index (χ3v) is 3.84. The van der Waals surface area contributed by atoms with E-state index in [0.29, 0.717) is 0 Å². The summed E-state index contributed by atoms with van der Waals surface area (Å²) in [7, 11) is 3.31. The molecule has 0 heterocycles. The SMILES string of the molecule is COc1ccc(OC)c2c1CCC(C)(C)CC2O. The maximum atomic E-state index is 10.5. The Kier molecular flexibility index (Phi) is 3.53. The maximum Gasteiger partial charge on any atom is 0.125 e. The third-order valence-electron chi connectivity index (χ3n) is 3.84. The number of benzene rings is 1. The minimum absolute atomic E-state index is 0.133. The first-order chi connectivity index (χ1) is 8.48. The summed E-state index contributed by atoms with van der Waals surface area (Å²) in [5.74, 6) is 1.61. The van der Waals surface area contributed by atoms with E-state index in [2.05, 4.69) is 13.8 Å². The lowest BCUT2D eigenvalue weighted by atomic mass is 9.84. The zero-order chi connectivity index (χ0) is 13.3. The Morgan fingerprint density at radius 3 is 2.39 bits per heavy atom. The Morgan fingerprint density at radius 2 is 1.78 bits per heavy atom. The molecule has 3 nitrogen and oxygen atoms in total. The minimum Gasteiger partial charge on any atom is -0.496 e. The van der Waals surface area contributed by atoms with Gasteiger partial charge < -0.3 is 14.6 Å². The van der Waals surface area contributed by atoms with Crippen LogP contribution < -0.4 is 9.47 Å². The summed E-state index contributed by atoms with van der Waals surface area (Å²) in [6, 6.07) is 3.79. The monoisotopic (exact) mass is 250 g/mol. The average Bonchev–Trinajstić information content (AvgIpc) is 2.45. The molecule has 100 valence electrons. The second-order valence-corrected chi connectivity index (χ2v) is 5.75. The van der Waals surface area contributed by atoms with Gasteiger partial charge in [-0.05, 0) is 36.8 Å². The van der Waals surface area contributed by atoms with Crippen molar-refractivity contribution in [3.05, 3.63) is 23.3 Å². The molecule has 1 aliphatic rings. The number of fused-ring (bicyclic) bond motifs is 1. The molecule has 1 atom stereocenters. The number of rotatable bonds is 2. The van der Waals surface area contributed by atoms with Crippen molar-refractivity contribution in [3.63, 3.8) is 0 Å². The van der Waals surface area contributed by atoms with Crippen LogP contribution in [0.2, 0.25) is 0 Å². The zero-order valence-corrected chi connectivity index (χ0v) is 11.6. The van der Waals surface area contributed by atoms with Crippen LogP contribution in [0.5, 0.6) is 11.5 Å². The number of hydrogen-bond acceptors (Lipinski definition) is 3. The van der Waals surface area contributed by atoms with Gasteiger partial charge in [0.1, 0.15) is 11.5 Å². The summed E-state index contributed by atoms with van der Waals surface area (Å²) in [4.78, 5) is 0. The van der Waals surface area contributed by atoms with Crippen LogP contribution >= 0.6 is 0 Å². The van der Waals surface area contributed by atoms with Gasteiger partial charge in [0, 0.05) is 11.1 Å². The van der Waals surface area contributed by atoms with E-state index in [4.69, 9.17) is 9.47 Å². The molecule has 0 fully saturated rings. The molecule has 2 rings (SSSR count). The van der Waals surface area contributed by atoms with Crippen LogP contribution in [0.15, 0.2) is 12.1 Å². The van der Waals surface area contributed by atoms with Crippen LogP contribution in [-0.2, 0) is 6.42 Å². The Morgan fingerprint density at radius 1 is 1.17 bits per heavy atom. The highest BCUT2D eigenvalue weighted by atomic mass is 16.5. The lowest BCUT2D eigenvalue weighted by Crippen LogP contribution is -2.13. The van der Waals surface area contributed by atoms with E-state index in [1.54, 1.807) is 14.2 Å². The van der Waals surface area contributed by atoms with Crippen molar-refractivity contribution >= 4 is 0 Å². The van der Waals surface area contributed by atoms with Crippen LogP contribution in [0.4, 0.5) is 0 Å². The highest BCUT2D eigenvalue weighted by Crippen LogP contribution is 2.45. The fourth-order valence-corrected chi connectivity index (χ4v) is 2.81. The Balaban J connectivity index is 2.55. The molecule has 18 heavy (non-hydrogen) atoms. The molecule has 0 aliphatic heterocycles. The highest BCUT2D eigenvalue weighted by Gasteiger charge is 2.32. The standard InChI is InChI=1S/C15H22O3/c1-15(2)8-7-10-12(17-3)5-6-13(18-4)14(10)11(16)9-15/h5-6,11,16H,7-9H2,1-4H3. The van der Waals surface area contributed by atoms with Crippen molar-refractivity contribution in [2.75, 3.05) is 14.2 Å². The van der Waals surface area contributed by atoms with Crippen molar-refractivity contribution in [3.8, 4) is 11.5 Å². The molecule has 0 radical (unpaired) electrons. The van der Waals surface area contributed by atoms with Crippen LogP contribution in [0, 0.1) is 5.41 Å². The fraction of sp³-hybridized carbons (Fsp3) is 0.600. The smallest absolute Gasteiger partial charge is 0.125 e. The lowest BCUT2D eigenvalue weighted by molar-refractivity contribution is 0.114. The molecular formula is C15H22O3. The van der Waals surface area contributed by atoms with Gasteiger partial charge in [-0.25, -0.2) is 0 Å². The minimum atomic E-state index is -0.484. The molecule has 3 heteroatoms. The van der Waals surface area contributed by atoms with Gasteiger partial charge in [0.25, 0.3) is 0 Å². The zero-order valence-electron chi connectivity index (χ0n) is 11.6. The van der Waals surface area contributed by atoms with Crippen molar-refractivity contribution in [1.82, 2.24) is 0 Å². The van der Waals surface area contributed by atoms with E-state index in [1.165, 1.54) is 0 Å². The van der Waals surface area contributed by atoms with Gasteiger partial charge in [-0.15, -0.1) is 0 Å². The Hall–Kier alpha value is -1.22. The fourth-order valence-electron chi connectivity index (χ4n) is 2.81. The molecule has 1 aromatic rings. The lowest BCUT2D eigenvalue weighted by Gasteiger charge is -2.24. The first kappa shape index (κ1) is 13.2. The van der Waals surface area contributed by atoms with Crippen molar-refractivity contribution < 1.29 is 14.6 Å². The van der Waals surface area contributed by atoms with E-state index in [1.807, 2.05) is 12.1 Å². The average molecular weight is 250 g/mol. The molecule has 0 saturated carbocycles. The van der Waals surface area contributed by atoms with Crippen LogP contribution in [0.1, 0.15) is 43.9 Å². The van der Waals surface area contributed by atoms with E-state index >= 15 is 0 Å². The number of aliphatic hydroxyl groups excluding tert-OH is 1. The Labute approximate surface area is 109 Å². The summed E-state index contributed by atoms with van der Waals surface area (Å²) in [6.07, 6.45) is 2.23. The molecule has 0 bridgehead atoms. The van der Waals surface area contributed by atoms with E-state index in [0.717, 1.165) is 41.9 Å². The molecule has 1 N–H and O–H groups in total. The van der Waals surface area contributed by atoms with Crippen LogP contribution in [0.3, 0.4) is 0 Å². The van der Waals surface area contributed by atoms with Crippen molar-refractivity contribution in [1.29, 1.82) is 0 Å². The molecule has 0 spiro atoms. The maximum absolute atomic E-state index is 10.5. The first-order valence-electron chi connectivity index (χ1n) is 6.40. The van der Waals surface area contributed by atoms with Gasteiger partial charge in [-0.1, -0.05) is 13.8 Å². The van der Waals surface area contributed by atoms with Crippen LogP contribution in [-0.4, -0.2) is 19.3 Å². The molecule has 0 aromatic heterocycles. The second-order valence-electron chi connectivity index (χ2n) is 5.75. The van der Waals surface area contributed by atoms with Gasteiger partial charge in [-0.2, -0.15) is 0 Å². The van der Waals surface area contributed by atoms with Crippen molar-refractivity contribution in [2.24, 2.45) is 5.41 Å². The summed E-state index contributed by atoms with van der Waals surface area (Å²) in [5.41, 5.74) is 2.13. The van der Waals surface area contributed by atoms with E-state index in [9.17, 15) is 5.11 Å². The molecule has 0 saturated heterocycles. The van der Waals surface area contributed by atoms with E-state index in [-0.39, 0.29) is 5.41 Å². The number of ether oxygens (including phenoxy) is 2. The highest BCUT2D eigenvalue weighted by molar-refractivity contribution is 5.50. The Bertz CT molecular complexity index is 438. The summed E-state index contributed by atoms with van der Waals surface area (Å²) < 4.78 is 10.8. The molecule has 1 unspecified atom stereocenters. The number of hydrogen-bond donors (Lipinski definition) is 1. The molecular weight excluding hydrogens is 228 g/mol. The molecule has 1 aromatic carbocycles.